The summed E-state index contributed by atoms with van der Waals surface area (Å²) in [6.07, 6.45) is 3.45. The van der Waals surface area contributed by atoms with Crippen molar-refractivity contribution in [2.24, 2.45) is 0 Å². The van der Waals surface area contributed by atoms with Crippen molar-refractivity contribution in [1.82, 2.24) is 0 Å². The molecule has 82 valence electrons. The zero-order valence-electron chi connectivity index (χ0n) is 9.21. The van der Waals surface area contributed by atoms with Gasteiger partial charge in [-0.15, -0.1) is 0 Å². The van der Waals surface area contributed by atoms with Gasteiger partial charge in [0.05, 0.1) is 10.8 Å². The first-order chi connectivity index (χ1) is 7.18. The molecular weight excluding hydrogens is 208 g/mol. The lowest BCUT2D eigenvalue weighted by atomic mass is 10.0. The molecule has 1 aromatic heterocycles. The lowest BCUT2D eigenvalue weighted by Gasteiger charge is -2.19. The van der Waals surface area contributed by atoms with Crippen molar-refractivity contribution < 1.29 is 9.21 Å². The zero-order valence-corrected chi connectivity index (χ0v) is 10.0. The number of Topliss-reactive ketones (excluding diaryl/α,β-unsaturated/α-hetero) is 1. The molecular formula is C12H16O2S. The first-order valence-electron chi connectivity index (χ1n) is 5.41. The van der Waals surface area contributed by atoms with Crippen LogP contribution in [0.15, 0.2) is 10.5 Å². The number of carbonyl (C=O) groups excluding carboxylic acids is 1. The molecule has 3 heteroatoms. The van der Waals surface area contributed by atoms with Gasteiger partial charge in [-0.1, -0.05) is 6.42 Å². The van der Waals surface area contributed by atoms with Crippen molar-refractivity contribution >= 4 is 17.5 Å². The standard InChI is InChI=1S/C12H16O2S/c1-8-7-10(9(2)14-8)12(13)11-5-3-4-6-15-11/h7,11H,3-6H2,1-2H3. The number of furan rings is 1. The highest BCUT2D eigenvalue weighted by molar-refractivity contribution is 8.00. The van der Waals surface area contributed by atoms with Gasteiger partial charge in [0.25, 0.3) is 0 Å². The minimum absolute atomic E-state index is 0.162. The largest absolute Gasteiger partial charge is 0.466 e. The van der Waals surface area contributed by atoms with Crippen molar-refractivity contribution in [3.05, 3.63) is 23.2 Å². The van der Waals surface area contributed by atoms with E-state index in [0.717, 1.165) is 29.3 Å². The zero-order chi connectivity index (χ0) is 10.8. The molecule has 2 nitrogen and oxygen atoms in total. The summed E-state index contributed by atoms with van der Waals surface area (Å²) in [6, 6.07) is 1.87. The maximum atomic E-state index is 12.2. The average molecular weight is 224 g/mol. The molecule has 1 unspecified atom stereocenters. The molecule has 2 rings (SSSR count). The summed E-state index contributed by atoms with van der Waals surface area (Å²) in [5.41, 5.74) is 0.784. The van der Waals surface area contributed by atoms with E-state index in [4.69, 9.17) is 4.42 Å². The molecule has 0 N–H and O–H groups in total. The Balaban J connectivity index is 2.16. The third-order valence-electron chi connectivity index (χ3n) is 2.78. The van der Waals surface area contributed by atoms with Crippen molar-refractivity contribution in [2.45, 2.75) is 38.4 Å². The van der Waals surface area contributed by atoms with Crippen LogP contribution >= 0.6 is 11.8 Å². The van der Waals surface area contributed by atoms with E-state index < -0.39 is 0 Å². The maximum absolute atomic E-state index is 12.2. The van der Waals surface area contributed by atoms with Gasteiger partial charge in [0.2, 0.25) is 0 Å². The average Bonchev–Trinajstić information content (AvgIpc) is 2.58. The molecule has 0 spiro atoms. The van der Waals surface area contributed by atoms with E-state index in [2.05, 4.69) is 0 Å². The topological polar surface area (TPSA) is 30.2 Å². The molecule has 0 aliphatic carbocycles. The van der Waals surface area contributed by atoms with E-state index in [1.807, 2.05) is 19.9 Å². The Labute approximate surface area is 94.4 Å². The summed E-state index contributed by atoms with van der Waals surface area (Å²) in [4.78, 5) is 12.2. The van der Waals surface area contributed by atoms with E-state index in [0.29, 0.717) is 0 Å². The number of hydrogen-bond donors (Lipinski definition) is 0. The van der Waals surface area contributed by atoms with Gasteiger partial charge in [-0.2, -0.15) is 11.8 Å². The molecule has 1 aromatic rings. The van der Waals surface area contributed by atoms with Crippen molar-refractivity contribution in [2.75, 3.05) is 5.75 Å². The third kappa shape index (κ3) is 2.28. The Kier molecular flexibility index (Phi) is 3.19. The molecule has 0 aromatic carbocycles. The van der Waals surface area contributed by atoms with E-state index >= 15 is 0 Å². The molecule has 15 heavy (non-hydrogen) atoms. The van der Waals surface area contributed by atoms with Gasteiger partial charge in [0, 0.05) is 0 Å². The van der Waals surface area contributed by atoms with E-state index in [9.17, 15) is 4.79 Å². The van der Waals surface area contributed by atoms with E-state index in [1.165, 1.54) is 12.8 Å². The minimum Gasteiger partial charge on any atom is -0.466 e. The fourth-order valence-corrected chi connectivity index (χ4v) is 3.26. The van der Waals surface area contributed by atoms with Crippen LogP contribution in [0.4, 0.5) is 0 Å². The van der Waals surface area contributed by atoms with E-state index in [1.54, 1.807) is 11.8 Å². The van der Waals surface area contributed by atoms with Gasteiger partial charge in [-0.3, -0.25) is 4.79 Å². The van der Waals surface area contributed by atoms with Crippen LogP contribution < -0.4 is 0 Å². The van der Waals surface area contributed by atoms with Crippen LogP contribution in [-0.4, -0.2) is 16.8 Å². The molecule has 0 saturated carbocycles. The number of ketones is 1. The molecule has 0 bridgehead atoms. The normalized spacial score (nSPS) is 21.6. The second-order valence-corrected chi connectivity index (χ2v) is 5.36. The van der Waals surface area contributed by atoms with Crippen LogP contribution in [0.3, 0.4) is 0 Å². The predicted molar refractivity (Wildman–Crippen MR) is 62.6 cm³/mol. The number of rotatable bonds is 2. The first-order valence-corrected chi connectivity index (χ1v) is 6.46. The molecule has 1 saturated heterocycles. The summed E-state index contributed by atoms with van der Waals surface area (Å²) in [7, 11) is 0. The van der Waals surface area contributed by atoms with Crippen LogP contribution in [-0.2, 0) is 0 Å². The maximum Gasteiger partial charge on any atom is 0.179 e. The third-order valence-corrected chi connectivity index (χ3v) is 4.16. The quantitative estimate of drug-likeness (QED) is 0.721. The predicted octanol–water partition coefficient (Wildman–Crippen LogP) is 3.36. The SMILES string of the molecule is Cc1cc(C(=O)C2CCCCS2)c(C)o1. The van der Waals surface area contributed by atoms with Gasteiger partial charge < -0.3 is 4.42 Å². The van der Waals surface area contributed by atoms with Crippen molar-refractivity contribution in [3.63, 3.8) is 0 Å². The van der Waals surface area contributed by atoms with Gasteiger partial charge in [-0.05, 0) is 38.5 Å². The van der Waals surface area contributed by atoms with Gasteiger partial charge in [0.15, 0.2) is 5.78 Å². The summed E-state index contributed by atoms with van der Waals surface area (Å²) < 4.78 is 5.40. The summed E-state index contributed by atoms with van der Waals surface area (Å²) in [6.45, 7) is 3.76. The van der Waals surface area contributed by atoms with Crippen LogP contribution in [0.5, 0.6) is 0 Å². The van der Waals surface area contributed by atoms with Crippen LogP contribution in [0, 0.1) is 13.8 Å². The second-order valence-electron chi connectivity index (χ2n) is 4.05. The second kappa shape index (κ2) is 4.44. The molecule has 0 radical (unpaired) electrons. The summed E-state index contributed by atoms with van der Waals surface area (Å²) in [5.74, 6) is 2.97. The Morgan fingerprint density at radius 2 is 2.27 bits per heavy atom. The smallest absolute Gasteiger partial charge is 0.179 e. The Bertz CT molecular complexity index is 362. The van der Waals surface area contributed by atoms with Crippen LogP contribution in [0.1, 0.15) is 41.1 Å². The van der Waals surface area contributed by atoms with Gasteiger partial charge in [-0.25, -0.2) is 0 Å². The first kappa shape index (κ1) is 10.8. The minimum atomic E-state index is 0.162. The van der Waals surface area contributed by atoms with Crippen molar-refractivity contribution in [1.29, 1.82) is 0 Å². The number of aryl methyl sites for hydroxylation is 2. The monoisotopic (exact) mass is 224 g/mol. The lowest BCUT2D eigenvalue weighted by molar-refractivity contribution is 0.0983. The highest BCUT2D eigenvalue weighted by atomic mass is 32.2. The molecule has 1 aliphatic rings. The molecule has 1 aliphatic heterocycles. The highest BCUT2D eigenvalue weighted by Gasteiger charge is 2.25. The fourth-order valence-electron chi connectivity index (χ4n) is 2.00. The van der Waals surface area contributed by atoms with Crippen molar-refractivity contribution in [3.8, 4) is 0 Å². The van der Waals surface area contributed by atoms with E-state index in [-0.39, 0.29) is 11.0 Å². The van der Waals surface area contributed by atoms with Gasteiger partial charge in [0.1, 0.15) is 11.5 Å². The number of carbonyl (C=O) groups is 1. The number of hydrogen-bond acceptors (Lipinski definition) is 3. The lowest BCUT2D eigenvalue weighted by Crippen LogP contribution is -2.21. The molecule has 1 fully saturated rings. The number of thioether (sulfide) groups is 1. The van der Waals surface area contributed by atoms with Gasteiger partial charge >= 0.3 is 0 Å². The molecule has 2 heterocycles. The Morgan fingerprint density at radius 1 is 1.47 bits per heavy atom. The van der Waals surface area contributed by atoms with Crippen LogP contribution in [0.25, 0.3) is 0 Å². The molecule has 1 atom stereocenters. The highest BCUT2D eigenvalue weighted by Crippen LogP contribution is 2.29. The Hall–Kier alpha value is -0.700. The molecule has 0 amide bonds. The Morgan fingerprint density at radius 3 is 2.80 bits per heavy atom. The fraction of sp³-hybridized carbons (Fsp3) is 0.583. The van der Waals surface area contributed by atoms with Crippen LogP contribution in [0.2, 0.25) is 0 Å². The summed E-state index contributed by atoms with van der Waals surface area (Å²) >= 11 is 1.79. The summed E-state index contributed by atoms with van der Waals surface area (Å²) in [5, 5.41) is 0.162.